The van der Waals surface area contributed by atoms with Gasteiger partial charge in [-0.3, -0.25) is 4.98 Å². The minimum absolute atomic E-state index is 0.938. The number of aromatic nitrogens is 2. The van der Waals surface area contributed by atoms with E-state index in [-0.39, 0.29) is 0 Å². The molecule has 0 unspecified atom stereocenters. The first-order chi connectivity index (χ1) is 11.2. The van der Waals surface area contributed by atoms with Crippen LogP contribution in [0.15, 0.2) is 53.7 Å². The Labute approximate surface area is 142 Å². The van der Waals surface area contributed by atoms with E-state index in [1.807, 2.05) is 6.20 Å². The van der Waals surface area contributed by atoms with Crippen LogP contribution in [-0.4, -0.2) is 34.6 Å². The van der Waals surface area contributed by atoms with Crippen molar-refractivity contribution in [1.29, 1.82) is 0 Å². The zero-order chi connectivity index (χ0) is 16.2. The summed E-state index contributed by atoms with van der Waals surface area (Å²) in [4.78, 5) is 8.11. The molecule has 0 amide bonds. The SMILES string of the molecule is CSc1ccc(CCc2nccn3c(CN(C)C)ccc23)cc1. The van der Waals surface area contributed by atoms with E-state index in [9.17, 15) is 0 Å². The van der Waals surface area contributed by atoms with Crippen molar-refractivity contribution in [1.82, 2.24) is 14.3 Å². The number of nitrogens with zero attached hydrogens (tertiary/aromatic N) is 3. The zero-order valence-electron chi connectivity index (χ0n) is 14.0. The summed E-state index contributed by atoms with van der Waals surface area (Å²) in [6, 6.07) is 13.2. The third kappa shape index (κ3) is 3.77. The normalized spacial score (nSPS) is 11.5. The molecule has 0 bridgehead atoms. The second-order valence-electron chi connectivity index (χ2n) is 6.04. The maximum absolute atomic E-state index is 4.61. The predicted octanol–water partition coefficient (Wildman–Crippen LogP) is 3.90. The van der Waals surface area contributed by atoms with Gasteiger partial charge in [-0.05, 0) is 63.0 Å². The summed E-state index contributed by atoms with van der Waals surface area (Å²) in [6.45, 7) is 0.938. The molecule has 0 aliphatic carbocycles. The fraction of sp³-hybridized carbons (Fsp3) is 0.316. The van der Waals surface area contributed by atoms with Crippen LogP contribution in [0.3, 0.4) is 0 Å². The van der Waals surface area contributed by atoms with E-state index in [4.69, 9.17) is 0 Å². The molecular formula is C19H23N3S. The zero-order valence-corrected chi connectivity index (χ0v) is 14.8. The van der Waals surface area contributed by atoms with Crippen molar-refractivity contribution in [3.05, 3.63) is 65.7 Å². The summed E-state index contributed by atoms with van der Waals surface area (Å²) in [5, 5.41) is 0. The van der Waals surface area contributed by atoms with Crippen LogP contribution in [0.2, 0.25) is 0 Å². The molecule has 0 radical (unpaired) electrons. The number of thioether (sulfide) groups is 1. The third-order valence-electron chi connectivity index (χ3n) is 4.03. The molecule has 0 aliphatic rings. The highest BCUT2D eigenvalue weighted by atomic mass is 32.2. The Balaban J connectivity index is 1.78. The largest absolute Gasteiger partial charge is 0.316 e. The van der Waals surface area contributed by atoms with Crippen molar-refractivity contribution in [3.63, 3.8) is 0 Å². The lowest BCUT2D eigenvalue weighted by Gasteiger charge is -2.10. The number of benzene rings is 1. The average molecular weight is 325 g/mol. The van der Waals surface area contributed by atoms with E-state index in [1.54, 1.807) is 11.8 Å². The number of hydrogen-bond donors (Lipinski definition) is 0. The van der Waals surface area contributed by atoms with Crippen LogP contribution in [0.25, 0.3) is 5.52 Å². The number of aryl methyl sites for hydroxylation is 2. The Morgan fingerprint density at radius 3 is 2.52 bits per heavy atom. The van der Waals surface area contributed by atoms with Gasteiger partial charge in [0.15, 0.2) is 0 Å². The van der Waals surface area contributed by atoms with Gasteiger partial charge in [-0.15, -0.1) is 11.8 Å². The Morgan fingerprint density at radius 2 is 1.83 bits per heavy atom. The first kappa shape index (κ1) is 16.1. The average Bonchev–Trinajstić information content (AvgIpc) is 2.96. The van der Waals surface area contributed by atoms with Gasteiger partial charge in [-0.25, -0.2) is 0 Å². The summed E-state index contributed by atoms with van der Waals surface area (Å²) in [5.41, 5.74) is 5.07. The highest BCUT2D eigenvalue weighted by Crippen LogP contribution is 2.18. The van der Waals surface area contributed by atoms with Crippen LogP contribution in [0.1, 0.15) is 17.0 Å². The fourth-order valence-corrected chi connectivity index (χ4v) is 3.27. The molecule has 0 aliphatic heterocycles. The molecular weight excluding hydrogens is 302 g/mol. The monoisotopic (exact) mass is 325 g/mol. The van der Waals surface area contributed by atoms with E-state index >= 15 is 0 Å². The van der Waals surface area contributed by atoms with E-state index in [0.29, 0.717) is 0 Å². The van der Waals surface area contributed by atoms with Crippen LogP contribution >= 0.6 is 11.8 Å². The van der Waals surface area contributed by atoms with Crippen LogP contribution in [0.4, 0.5) is 0 Å². The van der Waals surface area contributed by atoms with Crippen LogP contribution in [-0.2, 0) is 19.4 Å². The highest BCUT2D eigenvalue weighted by molar-refractivity contribution is 7.98. The van der Waals surface area contributed by atoms with Gasteiger partial charge in [0, 0.05) is 29.5 Å². The molecule has 0 saturated carbocycles. The van der Waals surface area contributed by atoms with Gasteiger partial charge >= 0.3 is 0 Å². The molecule has 0 saturated heterocycles. The minimum Gasteiger partial charge on any atom is -0.316 e. The molecule has 4 heteroatoms. The van der Waals surface area contributed by atoms with Gasteiger partial charge in [-0.2, -0.15) is 0 Å². The molecule has 2 heterocycles. The fourth-order valence-electron chi connectivity index (χ4n) is 2.86. The minimum atomic E-state index is 0.938. The third-order valence-corrected chi connectivity index (χ3v) is 4.78. The molecule has 2 aromatic heterocycles. The highest BCUT2D eigenvalue weighted by Gasteiger charge is 2.08. The van der Waals surface area contributed by atoms with Gasteiger partial charge in [0.05, 0.1) is 11.2 Å². The van der Waals surface area contributed by atoms with Gasteiger partial charge in [0.25, 0.3) is 0 Å². The second kappa shape index (κ2) is 7.20. The van der Waals surface area contributed by atoms with Gasteiger partial charge < -0.3 is 9.30 Å². The van der Waals surface area contributed by atoms with Crippen molar-refractivity contribution in [2.75, 3.05) is 20.4 Å². The first-order valence-corrected chi connectivity index (χ1v) is 9.11. The summed E-state index contributed by atoms with van der Waals surface area (Å²) < 4.78 is 2.26. The Bertz CT molecular complexity index is 775. The second-order valence-corrected chi connectivity index (χ2v) is 6.92. The maximum atomic E-state index is 4.61. The van der Waals surface area contributed by atoms with Crippen molar-refractivity contribution in [2.45, 2.75) is 24.3 Å². The molecule has 3 aromatic rings. The van der Waals surface area contributed by atoms with E-state index < -0.39 is 0 Å². The topological polar surface area (TPSA) is 20.5 Å². The molecule has 0 atom stereocenters. The van der Waals surface area contributed by atoms with Crippen molar-refractivity contribution < 1.29 is 0 Å². The number of hydrogen-bond acceptors (Lipinski definition) is 3. The molecule has 0 fully saturated rings. The Morgan fingerprint density at radius 1 is 1.04 bits per heavy atom. The summed E-state index contributed by atoms with van der Waals surface area (Å²) in [7, 11) is 4.19. The maximum Gasteiger partial charge on any atom is 0.0669 e. The predicted molar refractivity (Wildman–Crippen MR) is 98.2 cm³/mol. The molecule has 0 N–H and O–H groups in total. The van der Waals surface area contributed by atoms with E-state index in [2.05, 4.69) is 77.2 Å². The lowest BCUT2D eigenvalue weighted by atomic mass is 10.1. The Kier molecular flexibility index (Phi) is 5.03. The van der Waals surface area contributed by atoms with Crippen molar-refractivity contribution in [2.24, 2.45) is 0 Å². The first-order valence-electron chi connectivity index (χ1n) is 7.89. The lowest BCUT2D eigenvalue weighted by molar-refractivity contribution is 0.395. The van der Waals surface area contributed by atoms with Crippen molar-refractivity contribution >= 4 is 17.3 Å². The molecule has 120 valence electrons. The molecule has 23 heavy (non-hydrogen) atoms. The van der Waals surface area contributed by atoms with Gasteiger partial charge in [0.2, 0.25) is 0 Å². The van der Waals surface area contributed by atoms with E-state index in [1.165, 1.54) is 27.4 Å². The van der Waals surface area contributed by atoms with E-state index in [0.717, 1.165) is 19.4 Å². The molecule has 3 rings (SSSR count). The van der Waals surface area contributed by atoms with Crippen LogP contribution in [0, 0.1) is 0 Å². The summed E-state index contributed by atoms with van der Waals surface area (Å²) in [5.74, 6) is 0. The Hall–Kier alpha value is -1.78. The quantitative estimate of drug-likeness (QED) is 0.641. The van der Waals surface area contributed by atoms with Gasteiger partial charge in [0.1, 0.15) is 0 Å². The smallest absolute Gasteiger partial charge is 0.0669 e. The molecule has 3 nitrogen and oxygen atoms in total. The van der Waals surface area contributed by atoms with Gasteiger partial charge in [-0.1, -0.05) is 12.1 Å². The van der Waals surface area contributed by atoms with Crippen molar-refractivity contribution in [3.8, 4) is 0 Å². The number of fused-ring (bicyclic) bond motifs is 1. The number of rotatable bonds is 6. The molecule has 1 aromatic carbocycles. The molecule has 0 spiro atoms. The summed E-state index contributed by atoms with van der Waals surface area (Å²) in [6.07, 6.45) is 8.07. The standard InChI is InChI=1S/C19H23N3S/c1-21(2)14-16-7-11-19-18(20-12-13-22(16)19)10-6-15-4-8-17(23-3)9-5-15/h4-5,7-9,11-13H,6,10,14H2,1-3H3. The summed E-state index contributed by atoms with van der Waals surface area (Å²) >= 11 is 1.78. The lowest BCUT2D eigenvalue weighted by Crippen LogP contribution is -2.12. The van der Waals surface area contributed by atoms with Crippen LogP contribution in [0.5, 0.6) is 0 Å². The van der Waals surface area contributed by atoms with Crippen LogP contribution < -0.4 is 0 Å².